The molecule has 0 aliphatic rings. The number of nitrogens with zero attached hydrogens (tertiary/aromatic N) is 3. The predicted molar refractivity (Wildman–Crippen MR) is 98.1 cm³/mol. The Bertz CT molecular complexity index is 890. The van der Waals surface area contributed by atoms with Gasteiger partial charge in [-0.2, -0.15) is 5.10 Å². The van der Waals surface area contributed by atoms with Gasteiger partial charge in [0.1, 0.15) is 0 Å². The SMILES string of the molecule is CCc1c(C(=O)NCc2ccccn2)c(C)nn1-c1ccccc1Cl. The molecule has 0 aliphatic carbocycles. The fourth-order valence-electron chi connectivity index (χ4n) is 2.78. The van der Waals surface area contributed by atoms with E-state index < -0.39 is 0 Å². The van der Waals surface area contributed by atoms with Crippen molar-refractivity contribution in [3.8, 4) is 5.69 Å². The number of carbonyl (C=O) groups is 1. The van der Waals surface area contributed by atoms with Crippen molar-refractivity contribution in [2.45, 2.75) is 26.8 Å². The zero-order valence-electron chi connectivity index (χ0n) is 14.2. The lowest BCUT2D eigenvalue weighted by Gasteiger charge is -2.10. The molecule has 0 aliphatic heterocycles. The second-order valence-corrected chi connectivity index (χ2v) is 6.03. The van der Waals surface area contributed by atoms with Crippen LogP contribution in [-0.2, 0) is 13.0 Å². The summed E-state index contributed by atoms with van der Waals surface area (Å²) in [7, 11) is 0. The van der Waals surface area contributed by atoms with E-state index in [-0.39, 0.29) is 5.91 Å². The summed E-state index contributed by atoms with van der Waals surface area (Å²) in [5, 5.41) is 8.06. The number of hydrogen-bond acceptors (Lipinski definition) is 3. The van der Waals surface area contributed by atoms with Crippen molar-refractivity contribution >= 4 is 17.5 Å². The lowest BCUT2D eigenvalue weighted by Crippen LogP contribution is -2.25. The van der Waals surface area contributed by atoms with Crippen LogP contribution in [0.4, 0.5) is 0 Å². The molecule has 0 spiro atoms. The molecule has 0 atom stereocenters. The first kappa shape index (κ1) is 17.2. The van der Waals surface area contributed by atoms with Crippen molar-refractivity contribution in [1.29, 1.82) is 0 Å². The van der Waals surface area contributed by atoms with Gasteiger partial charge in [0.25, 0.3) is 5.91 Å². The third-order valence-corrected chi connectivity index (χ3v) is 4.27. The van der Waals surface area contributed by atoms with Gasteiger partial charge in [-0.1, -0.05) is 36.7 Å². The van der Waals surface area contributed by atoms with Crippen LogP contribution in [0.5, 0.6) is 0 Å². The van der Waals surface area contributed by atoms with Gasteiger partial charge in [0.2, 0.25) is 0 Å². The number of aryl methyl sites for hydroxylation is 1. The molecule has 1 N–H and O–H groups in total. The maximum absolute atomic E-state index is 12.7. The van der Waals surface area contributed by atoms with E-state index in [4.69, 9.17) is 11.6 Å². The minimum Gasteiger partial charge on any atom is -0.346 e. The van der Waals surface area contributed by atoms with E-state index in [0.29, 0.717) is 29.2 Å². The first-order valence-electron chi connectivity index (χ1n) is 8.13. The van der Waals surface area contributed by atoms with Gasteiger partial charge in [-0.15, -0.1) is 0 Å². The van der Waals surface area contributed by atoms with Crippen LogP contribution in [0.25, 0.3) is 5.69 Å². The smallest absolute Gasteiger partial charge is 0.255 e. The van der Waals surface area contributed by atoms with Gasteiger partial charge in [0.05, 0.1) is 39.9 Å². The Morgan fingerprint density at radius 2 is 1.96 bits per heavy atom. The number of aromatic nitrogens is 3. The summed E-state index contributed by atoms with van der Waals surface area (Å²) in [5.74, 6) is -0.154. The highest BCUT2D eigenvalue weighted by Crippen LogP contribution is 2.24. The van der Waals surface area contributed by atoms with Crippen LogP contribution in [0.15, 0.2) is 48.7 Å². The van der Waals surface area contributed by atoms with E-state index in [1.807, 2.05) is 56.3 Å². The molecular weight excluding hydrogens is 336 g/mol. The number of carbonyl (C=O) groups excluding carboxylic acids is 1. The van der Waals surface area contributed by atoms with Gasteiger partial charge in [-0.05, 0) is 37.6 Å². The summed E-state index contributed by atoms with van der Waals surface area (Å²) < 4.78 is 1.76. The van der Waals surface area contributed by atoms with E-state index in [0.717, 1.165) is 17.1 Å². The monoisotopic (exact) mass is 354 g/mol. The van der Waals surface area contributed by atoms with Gasteiger partial charge in [0.15, 0.2) is 0 Å². The van der Waals surface area contributed by atoms with Crippen molar-refractivity contribution in [1.82, 2.24) is 20.1 Å². The number of amides is 1. The van der Waals surface area contributed by atoms with Crippen LogP contribution in [0.3, 0.4) is 0 Å². The first-order chi connectivity index (χ1) is 12.1. The third-order valence-electron chi connectivity index (χ3n) is 3.95. The Labute approximate surface area is 151 Å². The summed E-state index contributed by atoms with van der Waals surface area (Å²) in [6, 6.07) is 13.1. The lowest BCUT2D eigenvalue weighted by molar-refractivity contribution is 0.0949. The fraction of sp³-hybridized carbons (Fsp3) is 0.211. The number of halogens is 1. The molecule has 128 valence electrons. The third kappa shape index (κ3) is 3.56. The molecule has 0 bridgehead atoms. The Morgan fingerprint density at radius 3 is 2.64 bits per heavy atom. The standard InChI is InChI=1S/C19H19ClN4O/c1-3-16-18(19(25)22-12-14-8-6-7-11-21-14)13(2)23-24(16)17-10-5-4-9-15(17)20/h4-11H,3,12H2,1-2H3,(H,22,25). The molecule has 0 fully saturated rings. The summed E-state index contributed by atoms with van der Waals surface area (Å²) in [4.78, 5) is 16.9. The first-order valence-corrected chi connectivity index (χ1v) is 8.51. The van der Waals surface area contributed by atoms with E-state index in [2.05, 4.69) is 15.4 Å². The summed E-state index contributed by atoms with van der Waals surface area (Å²) >= 11 is 6.30. The van der Waals surface area contributed by atoms with Gasteiger partial charge in [-0.25, -0.2) is 4.68 Å². The minimum atomic E-state index is -0.154. The highest BCUT2D eigenvalue weighted by Gasteiger charge is 2.21. The summed E-state index contributed by atoms with van der Waals surface area (Å²) in [6.45, 7) is 4.21. The van der Waals surface area contributed by atoms with Crippen molar-refractivity contribution in [3.05, 3.63) is 76.3 Å². The molecule has 2 aromatic heterocycles. The molecule has 0 radical (unpaired) electrons. The van der Waals surface area contributed by atoms with E-state index in [9.17, 15) is 4.79 Å². The fourth-order valence-corrected chi connectivity index (χ4v) is 3.00. The molecule has 2 heterocycles. The van der Waals surface area contributed by atoms with Crippen LogP contribution in [0.1, 0.15) is 34.4 Å². The quantitative estimate of drug-likeness (QED) is 0.759. The van der Waals surface area contributed by atoms with Crippen LogP contribution < -0.4 is 5.32 Å². The van der Waals surface area contributed by atoms with E-state index in [1.165, 1.54) is 0 Å². The van der Waals surface area contributed by atoms with Crippen LogP contribution in [0, 0.1) is 6.92 Å². The molecule has 1 aromatic carbocycles. The molecule has 5 nitrogen and oxygen atoms in total. The molecule has 6 heteroatoms. The van der Waals surface area contributed by atoms with Gasteiger partial charge in [-0.3, -0.25) is 9.78 Å². The van der Waals surface area contributed by atoms with E-state index in [1.54, 1.807) is 10.9 Å². The highest BCUT2D eigenvalue weighted by molar-refractivity contribution is 6.32. The number of benzene rings is 1. The van der Waals surface area contributed by atoms with Crippen LogP contribution >= 0.6 is 11.6 Å². The topological polar surface area (TPSA) is 59.8 Å². The van der Waals surface area contributed by atoms with Crippen molar-refractivity contribution in [2.75, 3.05) is 0 Å². The number of pyridine rings is 1. The second-order valence-electron chi connectivity index (χ2n) is 5.63. The number of nitrogens with one attached hydrogen (secondary N) is 1. The molecule has 3 rings (SSSR count). The Hall–Kier alpha value is -2.66. The molecule has 0 unspecified atom stereocenters. The Morgan fingerprint density at radius 1 is 1.20 bits per heavy atom. The zero-order chi connectivity index (χ0) is 17.8. The molecule has 25 heavy (non-hydrogen) atoms. The summed E-state index contributed by atoms with van der Waals surface area (Å²) in [5.41, 5.74) is 3.69. The summed E-state index contributed by atoms with van der Waals surface area (Å²) in [6.07, 6.45) is 2.37. The average molecular weight is 355 g/mol. The molecule has 0 saturated carbocycles. The molecule has 0 saturated heterocycles. The Kier molecular flexibility index (Phi) is 5.14. The number of rotatable bonds is 5. The maximum atomic E-state index is 12.7. The molecule has 1 amide bonds. The molecule has 3 aromatic rings. The normalized spacial score (nSPS) is 10.7. The van der Waals surface area contributed by atoms with Crippen molar-refractivity contribution in [3.63, 3.8) is 0 Å². The highest BCUT2D eigenvalue weighted by atomic mass is 35.5. The second kappa shape index (κ2) is 7.49. The predicted octanol–water partition coefficient (Wildman–Crippen LogP) is 3.72. The maximum Gasteiger partial charge on any atom is 0.255 e. The van der Waals surface area contributed by atoms with Crippen molar-refractivity contribution < 1.29 is 4.79 Å². The van der Waals surface area contributed by atoms with Gasteiger partial charge < -0.3 is 5.32 Å². The largest absolute Gasteiger partial charge is 0.346 e. The van der Waals surface area contributed by atoms with Crippen LogP contribution in [0.2, 0.25) is 5.02 Å². The van der Waals surface area contributed by atoms with Crippen LogP contribution in [-0.4, -0.2) is 20.7 Å². The zero-order valence-corrected chi connectivity index (χ0v) is 14.9. The van der Waals surface area contributed by atoms with Gasteiger partial charge in [0, 0.05) is 6.20 Å². The minimum absolute atomic E-state index is 0.154. The average Bonchev–Trinajstić information content (AvgIpc) is 2.97. The Balaban J connectivity index is 1.91. The van der Waals surface area contributed by atoms with E-state index >= 15 is 0 Å². The van der Waals surface area contributed by atoms with Crippen molar-refractivity contribution in [2.24, 2.45) is 0 Å². The van der Waals surface area contributed by atoms with Gasteiger partial charge >= 0.3 is 0 Å². The molecular formula is C19H19ClN4O. The number of hydrogen-bond donors (Lipinski definition) is 1. The number of para-hydroxylation sites is 1. The lowest BCUT2D eigenvalue weighted by atomic mass is 10.1.